The van der Waals surface area contributed by atoms with Gasteiger partial charge in [0.15, 0.2) is 5.54 Å². The Labute approximate surface area is 140 Å². The smallest absolute Gasteiger partial charge is 0.251 e. The van der Waals surface area contributed by atoms with Crippen LogP contribution in [0, 0.1) is 6.92 Å². The van der Waals surface area contributed by atoms with Gasteiger partial charge in [-0.1, -0.05) is 0 Å². The largest absolute Gasteiger partial charge is 0.347 e. The summed E-state index contributed by atoms with van der Waals surface area (Å²) in [5.41, 5.74) is 2.37. The predicted molar refractivity (Wildman–Crippen MR) is 90.3 cm³/mol. The molecule has 1 saturated heterocycles. The second-order valence-electron chi connectivity index (χ2n) is 6.36. The third-order valence-corrected chi connectivity index (χ3v) is 5.43. The van der Waals surface area contributed by atoms with Crippen molar-refractivity contribution in [2.75, 3.05) is 27.2 Å². The Morgan fingerprint density at radius 2 is 2.30 bits per heavy atom. The predicted octanol–water partition coefficient (Wildman–Crippen LogP) is 1.73. The van der Waals surface area contributed by atoms with E-state index in [1.165, 1.54) is 4.88 Å². The molecule has 3 heterocycles. The van der Waals surface area contributed by atoms with Crippen LogP contribution in [0.1, 0.15) is 23.4 Å². The molecule has 1 fully saturated rings. The Morgan fingerprint density at radius 1 is 1.48 bits per heavy atom. The van der Waals surface area contributed by atoms with Crippen LogP contribution in [-0.2, 0) is 16.9 Å². The van der Waals surface area contributed by atoms with Crippen molar-refractivity contribution in [1.82, 2.24) is 24.6 Å². The van der Waals surface area contributed by atoms with Crippen molar-refractivity contribution in [2.24, 2.45) is 0 Å². The van der Waals surface area contributed by atoms with Gasteiger partial charge in [0.05, 0.1) is 11.2 Å². The first kappa shape index (κ1) is 16.1. The average Bonchev–Trinajstić information content (AvgIpc) is 3.19. The fourth-order valence-corrected chi connectivity index (χ4v) is 4.16. The minimum Gasteiger partial charge on any atom is -0.347 e. The van der Waals surface area contributed by atoms with Gasteiger partial charge in [0, 0.05) is 44.5 Å². The molecule has 0 bridgehead atoms. The van der Waals surface area contributed by atoms with E-state index in [1.54, 1.807) is 22.4 Å². The zero-order chi connectivity index (χ0) is 16.4. The summed E-state index contributed by atoms with van der Waals surface area (Å²) < 4.78 is 1.85. The van der Waals surface area contributed by atoms with Gasteiger partial charge in [-0.2, -0.15) is 5.10 Å². The first-order valence-electron chi connectivity index (χ1n) is 7.86. The molecule has 3 rings (SSSR count). The molecule has 1 aliphatic heterocycles. The van der Waals surface area contributed by atoms with Crippen molar-refractivity contribution in [2.45, 2.75) is 31.8 Å². The highest BCUT2D eigenvalue weighted by molar-refractivity contribution is 7.09. The molecular formula is C16H23N5OS. The molecule has 23 heavy (non-hydrogen) atoms. The molecule has 2 aromatic heterocycles. The van der Waals surface area contributed by atoms with Crippen molar-refractivity contribution < 1.29 is 4.79 Å². The number of rotatable bonds is 4. The van der Waals surface area contributed by atoms with Gasteiger partial charge >= 0.3 is 0 Å². The fourth-order valence-electron chi connectivity index (χ4n) is 3.34. The molecule has 124 valence electrons. The van der Waals surface area contributed by atoms with E-state index >= 15 is 0 Å². The number of likely N-dealkylation sites (tertiary alicyclic amines) is 1. The maximum absolute atomic E-state index is 13.0. The van der Waals surface area contributed by atoms with Gasteiger partial charge in [-0.15, -0.1) is 11.3 Å². The van der Waals surface area contributed by atoms with Crippen molar-refractivity contribution in [3.63, 3.8) is 0 Å². The maximum atomic E-state index is 13.0. The normalized spacial score (nSPS) is 22.2. The van der Waals surface area contributed by atoms with Gasteiger partial charge in [-0.05, 0) is 32.4 Å². The minimum atomic E-state index is -0.607. The number of carbonyl (C=O) groups is 1. The highest BCUT2D eigenvalue weighted by Gasteiger charge is 2.45. The first-order valence-corrected chi connectivity index (χ1v) is 8.74. The highest BCUT2D eigenvalue weighted by Crippen LogP contribution is 2.31. The summed E-state index contributed by atoms with van der Waals surface area (Å²) in [4.78, 5) is 22.6. The Balaban J connectivity index is 1.88. The number of piperidine rings is 1. The lowest BCUT2D eigenvalue weighted by atomic mass is 9.87. The number of amides is 1. The quantitative estimate of drug-likeness (QED) is 0.855. The Hall–Kier alpha value is -1.73. The summed E-state index contributed by atoms with van der Waals surface area (Å²) in [6.45, 7) is 4.58. The highest BCUT2D eigenvalue weighted by atomic mass is 32.1. The van der Waals surface area contributed by atoms with Gasteiger partial charge in [0.1, 0.15) is 0 Å². The number of hydrogen-bond donors (Lipinski definition) is 0. The van der Waals surface area contributed by atoms with E-state index in [4.69, 9.17) is 0 Å². The number of aryl methyl sites for hydroxylation is 1. The molecule has 0 aliphatic carbocycles. The lowest BCUT2D eigenvalue weighted by Crippen LogP contribution is -2.58. The molecule has 0 radical (unpaired) electrons. The zero-order valence-corrected chi connectivity index (χ0v) is 14.7. The molecule has 1 aliphatic rings. The van der Waals surface area contributed by atoms with E-state index in [2.05, 4.69) is 15.0 Å². The van der Waals surface area contributed by atoms with Crippen LogP contribution in [-0.4, -0.2) is 57.7 Å². The van der Waals surface area contributed by atoms with Crippen molar-refractivity contribution in [3.05, 3.63) is 34.5 Å². The number of hydrogen-bond acceptors (Lipinski definition) is 5. The summed E-state index contributed by atoms with van der Waals surface area (Å²) >= 11 is 1.68. The van der Waals surface area contributed by atoms with Crippen LogP contribution in [0.15, 0.2) is 24.0 Å². The van der Waals surface area contributed by atoms with E-state index in [0.29, 0.717) is 6.54 Å². The standard InChI is InChI=1S/C16H23N5OS/c1-13-14(23-12-17-13)10-20-8-4-6-16(11-20,15(22)19(2)3)21-9-5-7-18-21/h5,7,9,12H,4,6,8,10-11H2,1-3H3. The van der Waals surface area contributed by atoms with Crippen LogP contribution >= 0.6 is 11.3 Å². The van der Waals surface area contributed by atoms with E-state index in [0.717, 1.165) is 31.6 Å². The van der Waals surface area contributed by atoms with E-state index in [-0.39, 0.29) is 5.91 Å². The first-order chi connectivity index (χ1) is 11.0. The van der Waals surface area contributed by atoms with Crippen molar-refractivity contribution >= 4 is 17.2 Å². The number of carbonyl (C=O) groups excluding carboxylic acids is 1. The van der Waals surface area contributed by atoms with E-state index in [9.17, 15) is 4.79 Å². The maximum Gasteiger partial charge on any atom is 0.251 e. The van der Waals surface area contributed by atoms with E-state index < -0.39 is 5.54 Å². The second-order valence-corrected chi connectivity index (χ2v) is 7.30. The van der Waals surface area contributed by atoms with Gasteiger partial charge in [0.2, 0.25) is 0 Å². The van der Waals surface area contributed by atoms with Gasteiger partial charge in [-0.3, -0.25) is 14.4 Å². The molecule has 0 saturated carbocycles. The van der Waals surface area contributed by atoms with Crippen LogP contribution in [0.25, 0.3) is 0 Å². The Kier molecular flexibility index (Phi) is 4.50. The van der Waals surface area contributed by atoms with Crippen molar-refractivity contribution in [3.8, 4) is 0 Å². The second kappa shape index (κ2) is 6.41. The lowest BCUT2D eigenvalue weighted by molar-refractivity contribution is -0.142. The molecule has 0 spiro atoms. The molecule has 2 aromatic rings. The van der Waals surface area contributed by atoms with Crippen LogP contribution in [0.3, 0.4) is 0 Å². The molecule has 1 amide bonds. The van der Waals surface area contributed by atoms with Crippen LogP contribution in [0.5, 0.6) is 0 Å². The summed E-state index contributed by atoms with van der Waals surface area (Å²) in [7, 11) is 3.64. The molecular weight excluding hydrogens is 310 g/mol. The van der Waals surface area contributed by atoms with Crippen molar-refractivity contribution in [1.29, 1.82) is 0 Å². The third-order valence-electron chi connectivity index (χ3n) is 4.51. The summed E-state index contributed by atoms with van der Waals surface area (Å²) in [6.07, 6.45) is 5.46. The molecule has 0 N–H and O–H groups in total. The SMILES string of the molecule is Cc1ncsc1CN1CCCC(C(=O)N(C)C)(n2cccn2)C1. The monoisotopic (exact) mass is 333 g/mol. The van der Waals surface area contributed by atoms with Gasteiger partial charge in [0.25, 0.3) is 5.91 Å². The third kappa shape index (κ3) is 3.03. The zero-order valence-electron chi connectivity index (χ0n) is 13.9. The number of nitrogens with zero attached hydrogens (tertiary/aromatic N) is 5. The Bertz CT molecular complexity index is 666. The molecule has 0 aromatic carbocycles. The summed E-state index contributed by atoms with van der Waals surface area (Å²) in [5.74, 6) is 0.118. The fraction of sp³-hybridized carbons (Fsp3) is 0.562. The summed E-state index contributed by atoms with van der Waals surface area (Å²) in [5, 5.41) is 4.40. The molecule has 1 atom stereocenters. The average molecular weight is 333 g/mol. The molecule has 7 heteroatoms. The number of likely N-dealkylation sites (N-methyl/N-ethyl adjacent to an activating group) is 1. The van der Waals surface area contributed by atoms with Crippen LogP contribution in [0.4, 0.5) is 0 Å². The number of thiazole rings is 1. The minimum absolute atomic E-state index is 0.118. The Morgan fingerprint density at radius 3 is 2.91 bits per heavy atom. The summed E-state index contributed by atoms with van der Waals surface area (Å²) in [6, 6.07) is 1.89. The van der Waals surface area contributed by atoms with Crippen LogP contribution in [0.2, 0.25) is 0 Å². The molecule has 1 unspecified atom stereocenters. The molecule has 6 nitrogen and oxygen atoms in total. The topological polar surface area (TPSA) is 54.3 Å². The lowest BCUT2D eigenvalue weighted by Gasteiger charge is -2.42. The van der Waals surface area contributed by atoms with Crippen LogP contribution < -0.4 is 0 Å². The van der Waals surface area contributed by atoms with Gasteiger partial charge in [-0.25, -0.2) is 4.98 Å². The van der Waals surface area contributed by atoms with E-state index in [1.807, 2.05) is 43.5 Å². The number of aromatic nitrogens is 3. The van der Waals surface area contributed by atoms with Gasteiger partial charge < -0.3 is 4.90 Å².